The molecule has 1 heterocycles. The summed E-state index contributed by atoms with van der Waals surface area (Å²) in [6.45, 7) is 7.50. The zero-order valence-electron chi connectivity index (χ0n) is 11.9. The maximum absolute atomic E-state index is 12.0. The number of nitrogens with zero attached hydrogens (tertiary/aromatic N) is 1. The SMILES string of the molecule is CN(C(=O)OC(C)(C)C)C(CN)[C@H]1CCCOC1. The maximum Gasteiger partial charge on any atom is 0.410 e. The molecule has 1 fully saturated rings. The third kappa shape index (κ3) is 4.46. The van der Waals surface area contributed by atoms with Crippen molar-refractivity contribution in [1.29, 1.82) is 0 Å². The Kier molecular flexibility index (Phi) is 5.41. The van der Waals surface area contributed by atoms with Crippen LogP contribution in [0.15, 0.2) is 0 Å². The lowest BCUT2D eigenvalue weighted by atomic mass is 9.93. The fraction of sp³-hybridized carbons (Fsp3) is 0.923. The van der Waals surface area contributed by atoms with Crippen LogP contribution in [0.25, 0.3) is 0 Å². The topological polar surface area (TPSA) is 64.8 Å². The molecule has 0 saturated carbocycles. The minimum absolute atomic E-state index is 0.0138. The van der Waals surface area contributed by atoms with Gasteiger partial charge in [-0.3, -0.25) is 0 Å². The van der Waals surface area contributed by atoms with E-state index in [1.54, 1.807) is 11.9 Å². The smallest absolute Gasteiger partial charge is 0.410 e. The first-order valence-electron chi connectivity index (χ1n) is 6.59. The van der Waals surface area contributed by atoms with E-state index in [4.69, 9.17) is 15.2 Å². The van der Waals surface area contributed by atoms with E-state index in [0.717, 1.165) is 19.4 Å². The first-order chi connectivity index (χ1) is 8.35. The van der Waals surface area contributed by atoms with Gasteiger partial charge in [0.1, 0.15) is 5.60 Å². The number of rotatable bonds is 3. The highest BCUT2D eigenvalue weighted by molar-refractivity contribution is 5.68. The highest BCUT2D eigenvalue weighted by Gasteiger charge is 2.31. The van der Waals surface area contributed by atoms with Gasteiger partial charge in [-0.15, -0.1) is 0 Å². The average Bonchev–Trinajstić information content (AvgIpc) is 2.29. The Morgan fingerprint density at radius 1 is 1.56 bits per heavy atom. The van der Waals surface area contributed by atoms with Crippen LogP contribution in [0.3, 0.4) is 0 Å². The summed E-state index contributed by atoms with van der Waals surface area (Å²) in [6, 6.07) is -0.0138. The summed E-state index contributed by atoms with van der Waals surface area (Å²) in [7, 11) is 1.75. The predicted molar refractivity (Wildman–Crippen MR) is 70.4 cm³/mol. The zero-order valence-corrected chi connectivity index (χ0v) is 11.9. The van der Waals surface area contributed by atoms with Gasteiger partial charge in [-0.1, -0.05) is 0 Å². The Balaban J connectivity index is 2.60. The van der Waals surface area contributed by atoms with Gasteiger partial charge in [0.25, 0.3) is 0 Å². The number of hydrogen-bond donors (Lipinski definition) is 1. The molecular formula is C13H26N2O3. The maximum atomic E-state index is 12.0. The summed E-state index contributed by atoms with van der Waals surface area (Å²) >= 11 is 0. The molecule has 1 unspecified atom stereocenters. The van der Waals surface area contributed by atoms with Crippen molar-refractivity contribution in [2.24, 2.45) is 11.7 Å². The molecule has 18 heavy (non-hydrogen) atoms. The Hall–Kier alpha value is -0.810. The Labute approximate surface area is 110 Å². The average molecular weight is 258 g/mol. The number of likely N-dealkylation sites (N-methyl/N-ethyl adjacent to an activating group) is 1. The number of amides is 1. The Bertz CT molecular complexity index is 270. The zero-order chi connectivity index (χ0) is 13.8. The van der Waals surface area contributed by atoms with Crippen LogP contribution in [0.4, 0.5) is 4.79 Å². The molecule has 106 valence electrons. The van der Waals surface area contributed by atoms with Crippen LogP contribution in [0.2, 0.25) is 0 Å². The van der Waals surface area contributed by atoms with Gasteiger partial charge in [-0.25, -0.2) is 4.79 Å². The summed E-state index contributed by atoms with van der Waals surface area (Å²) in [6.07, 6.45) is 1.77. The molecule has 2 N–H and O–H groups in total. The van der Waals surface area contributed by atoms with Gasteiger partial charge in [0.2, 0.25) is 0 Å². The molecule has 0 aliphatic carbocycles. The summed E-state index contributed by atoms with van der Waals surface area (Å²) in [4.78, 5) is 13.6. The lowest BCUT2D eigenvalue weighted by molar-refractivity contribution is -0.00626. The molecule has 0 aromatic rings. The standard InChI is InChI=1S/C13H26N2O3/c1-13(2,3)18-12(16)15(4)11(8-14)10-6-5-7-17-9-10/h10-11H,5-9,14H2,1-4H3/t10-,11?/m0/s1. The van der Waals surface area contributed by atoms with E-state index in [1.807, 2.05) is 20.8 Å². The second-order valence-electron chi connectivity index (χ2n) is 5.87. The molecule has 2 atom stereocenters. The molecule has 5 heteroatoms. The molecule has 1 rings (SSSR count). The van der Waals surface area contributed by atoms with E-state index >= 15 is 0 Å². The normalized spacial score (nSPS) is 22.4. The van der Waals surface area contributed by atoms with Crippen molar-refractivity contribution < 1.29 is 14.3 Å². The molecular weight excluding hydrogens is 232 g/mol. The first-order valence-corrected chi connectivity index (χ1v) is 6.59. The molecule has 1 aliphatic rings. The Morgan fingerprint density at radius 2 is 2.22 bits per heavy atom. The van der Waals surface area contributed by atoms with Gasteiger partial charge >= 0.3 is 6.09 Å². The largest absolute Gasteiger partial charge is 0.444 e. The van der Waals surface area contributed by atoms with Gasteiger partial charge in [0, 0.05) is 26.1 Å². The highest BCUT2D eigenvalue weighted by atomic mass is 16.6. The van der Waals surface area contributed by atoms with E-state index in [9.17, 15) is 4.79 Å². The fourth-order valence-corrected chi connectivity index (χ4v) is 2.21. The fourth-order valence-electron chi connectivity index (χ4n) is 2.21. The van der Waals surface area contributed by atoms with Crippen molar-refractivity contribution >= 4 is 6.09 Å². The van der Waals surface area contributed by atoms with Crippen LogP contribution in [0, 0.1) is 5.92 Å². The number of carbonyl (C=O) groups excluding carboxylic acids is 1. The van der Waals surface area contributed by atoms with Crippen molar-refractivity contribution in [3.8, 4) is 0 Å². The first kappa shape index (κ1) is 15.2. The molecule has 1 saturated heterocycles. The van der Waals surface area contributed by atoms with Crippen molar-refractivity contribution in [3.05, 3.63) is 0 Å². The summed E-state index contributed by atoms with van der Waals surface area (Å²) < 4.78 is 10.8. The number of ether oxygens (including phenoxy) is 2. The van der Waals surface area contributed by atoms with Gasteiger partial charge in [-0.2, -0.15) is 0 Å². The third-order valence-electron chi connectivity index (χ3n) is 3.16. The van der Waals surface area contributed by atoms with E-state index in [-0.39, 0.29) is 12.1 Å². The molecule has 0 spiro atoms. The molecule has 0 aromatic carbocycles. The molecule has 0 aromatic heterocycles. The van der Waals surface area contributed by atoms with E-state index in [0.29, 0.717) is 19.1 Å². The van der Waals surface area contributed by atoms with Crippen LogP contribution in [-0.2, 0) is 9.47 Å². The minimum atomic E-state index is -0.479. The van der Waals surface area contributed by atoms with Gasteiger partial charge < -0.3 is 20.1 Å². The third-order valence-corrected chi connectivity index (χ3v) is 3.16. The summed E-state index contributed by atoms with van der Waals surface area (Å²) in [5.74, 6) is 0.307. The summed E-state index contributed by atoms with van der Waals surface area (Å²) in [5.41, 5.74) is 5.32. The lowest BCUT2D eigenvalue weighted by Crippen LogP contribution is -2.50. The molecule has 0 radical (unpaired) electrons. The van der Waals surface area contributed by atoms with Crippen LogP contribution < -0.4 is 5.73 Å². The van der Waals surface area contributed by atoms with E-state index in [1.165, 1.54) is 0 Å². The Morgan fingerprint density at radius 3 is 2.67 bits per heavy atom. The van der Waals surface area contributed by atoms with Gasteiger partial charge in [-0.05, 0) is 33.6 Å². The van der Waals surface area contributed by atoms with Gasteiger partial charge in [0.15, 0.2) is 0 Å². The number of carbonyl (C=O) groups is 1. The second-order valence-corrected chi connectivity index (χ2v) is 5.87. The summed E-state index contributed by atoms with van der Waals surface area (Å²) in [5, 5.41) is 0. The van der Waals surface area contributed by atoms with Crippen molar-refractivity contribution in [3.63, 3.8) is 0 Å². The number of nitrogens with two attached hydrogens (primary N) is 1. The van der Waals surface area contributed by atoms with Crippen molar-refractivity contribution in [2.45, 2.75) is 45.3 Å². The van der Waals surface area contributed by atoms with Gasteiger partial charge in [0.05, 0.1) is 12.6 Å². The molecule has 1 aliphatic heterocycles. The van der Waals surface area contributed by atoms with Crippen LogP contribution in [0.5, 0.6) is 0 Å². The lowest BCUT2D eigenvalue weighted by Gasteiger charge is -2.36. The molecule has 1 amide bonds. The quantitative estimate of drug-likeness (QED) is 0.835. The monoisotopic (exact) mass is 258 g/mol. The molecule has 0 bridgehead atoms. The highest BCUT2D eigenvalue weighted by Crippen LogP contribution is 2.21. The van der Waals surface area contributed by atoms with Crippen LogP contribution in [-0.4, -0.2) is 49.4 Å². The van der Waals surface area contributed by atoms with Crippen molar-refractivity contribution in [2.75, 3.05) is 26.8 Å². The number of hydrogen-bond acceptors (Lipinski definition) is 4. The van der Waals surface area contributed by atoms with Crippen LogP contribution in [0.1, 0.15) is 33.6 Å². The predicted octanol–water partition coefficient (Wildman–Crippen LogP) is 1.61. The van der Waals surface area contributed by atoms with Crippen LogP contribution >= 0.6 is 0 Å². The minimum Gasteiger partial charge on any atom is -0.444 e. The van der Waals surface area contributed by atoms with E-state index < -0.39 is 5.60 Å². The van der Waals surface area contributed by atoms with Crippen molar-refractivity contribution in [1.82, 2.24) is 4.90 Å². The van der Waals surface area contributed by atoms with E-state index in [2.05, 4.69) is 0 Å². The molecule has 5 nitrogen and oxygen atoms in total. The second kappa shape index (κ2) is 6.38.